The van der Waals surface area contributed by atoms with E-state index < -0.39 is 23.8 Å². The average Bonchev–Trinajstić information content (AvgIpc) is 2.70. The first-order chi connectivity index (χ1) is 14.0. The summed E-state index contributed by atoms with van der Waals surface area (Å²) in [6, 6.07) is 9.16. The molecule has 0 saturated carbocycles. The molecule has 152 valence electrons. The normalized spacial score (nSPS) is 12.1. The molecular formula is C21H22F3N5. The summed E-state index contributed by atoms with van der Waals surface area (Å²) in [5.41, 5.74) is 1.13. The van der Waals surface area contributed by atoms with Crippen molar-refractivity contribution >= 4 is 11.5 Å². The molecule has 1 atom stereocenters. The van der Waals surface area contributed by atoms with Gasteiger partial charge in [0.25, 0.3) is 6.43 Å². The molecule has 0 fully saturated rings. The molecule has 3 rings (SSSR count). The molecule has 1 aromatic carbocycles. The minimum absolute atomic E-state index is 0.151. The molecule has 0 radical (unpaired) electrons. The highest BCUT2D eigenvalue weighted by Gasteiger charge is 2.20. The zero-order chi connectivity index (χ0) is 20.8. The van der Waals surface area contributed by atoms with Gasteiger partial charge in [-0.15, -0.1) is 0 Å². The van der Waals surface area contributed by atoms with Crippen molar-refractivity contribution < 1.29 is 13.2 Å². The minimum atomic E-state index is -2.87. The fourth-order valence-electron chi connectivity index (χ4n) is 2.93. The van der Waals surface area contributed by atoms with Gasteiger partial charge in [-0.1, -0.05) is 24.3 Å². The highest BCUT2D eigenvalue weighted by Crippen LogP contribution is 2.30. The van der Waals surface area contributed by atoms with Crippen LogP contribution in [0.2, 0.25) is 0 Å². The highest BCUT2D eigenvalue weighted by molar-refractivity contribution is 5.63. The molecule has 0 amide bonds. The van der Waals surface area contributed by atoms with Gasteiger partial charge in [-0.3, -0.25) is 4.98 Å². The average molecular weight is 401 g/mol. The Balaban J connectivity index is 1.75. The topological polar surface area (TPSA) is 62.7 Å². The third kappa shape index (κ3) is 5.22. The Morgan fingerprint density at radius 2 is 1.83 bits per heavy atom. The lowest BCUT2D eigenvalue weighted by atomic mass is 10.0. The molecule has 5 nitrogen and oxygen atoms in total. The number of alkyl halides is 2. The maximum atomic E-state index is 14.5. The van der Waals surface area contributed by atoms with Crippen LogP contribution in [-0.2, 0) is 6.42 Å². The SMILES string of the molecule is Cc1ncc(NCCc2ccccn2)c(N[C@H](C)c2cccc(C(F)F)c2F)n1. The summed E-state index contributed by atoms with van der Waals surface area (Å²) in [4.78, 5) is 12.9. The minimum Gasteiger partial charge on any atom is -0.380 e. The van der Waals surface area contributed by atoms with Gasteiger partial charge in [-0.05, 0) is 26.0 Å². The Morgan fingerprint density at radius 3 is 2.55 bits per heavy atom. The van der Waals surface area contributed by atoms with Gasteiger partial charge >= 0.3 is 0 Å². The Labute approximate surface area is 167 Å². The number of rotatable bonds is 8. The van der Waals surface area contributed by atoms with Gasteiger partial charge in [-0.25, -0.2) is 23.1 Å². The molecule has 0 bridgehead atoms. The number of nitrogens with zero attached hydrogens (tertiary/aromatic N) is 3. The molecule has 0 aliphatic carbocycles. The number of aromatic nitrogens is 3. The van der Waals surface area contributed by atoms with Gasteiger partial charge in [0.05, 0.1) is 23.5 Å². The zero-order valence-corrected chi connectivity index (χ0v) is 16.2. The van der Waals surface area contributed by atoms with Crippen molar-refractivity contribution in [1.82, 2.24) is 15.0 Å². The van der Waals surface area contributed by atoms with Gasteiger partial charge in [0.15, 0.2) is 5.82 Å². The van der Waals surface area contributed by atoms with Crippen molar-refractivity contribution in [3.05, 3.63) is 77.3 Å². The van der Waals surface area contributed by atoms with E-state index in [9.17, 15) is 13.2 Å². The van der Waals surface area contributed by atoms with E-state index in [1.54, 1.807) is 26.2 Å². The van der Waals surface area contributed by atoms with E-state index in [0.29, 0.717) is 30.3 Å². The number of halogens is 3. The molecule has 2 heterocycles. The predicted molar refractivity (Wildman–Crippen MR) is 107 cm³/mol. The predicted octanol–water partition coefficient (Wildman–Crippen LogP) is 5.08. The van der Waals surface area contributed by atoms with Crippen LogP contribution in [0.1, 0.15) is 42.0 Å². The van der Waals surface area contributed by atoms with Crippen LogP contribution in [0.25, 0.3) is 0 Å². The van der Waals surface area contributed by atoms with Crippen molar-refractivity contribution in [2.24, 2.45) is 0 Å². The number of pyridine rings is 1. The molecule has 0 aliphatic rings. The Morgan fingerprint density at radius 1 is 1.03 bits per heavy atom. The lowest BCUT2D eigenvalue weighted by molar-refractivity contribution is 0.146. The second-order valence-electron chi connectivity index (χ2n) is 6.59. The molecule has 2 aromatic heterocycles. The van der Waals surface area contributed by atoms with Crippen LogP contribution in [0.3, 0.4) is 0 Å². The second kappa shape index (κ2) is 9.36. The van der Waals surface area contributed by atoms with E-state index in [4.69, 9.17) is 0 Å². The van der Waals surface area contributed by atoms with Crippen LogP contribution in [0.15, 0.2) is 48.8 Å². The van der Waals surface area contributed by atoms with E-state index in [1.165, 1.54) is 12.1 Å². The smallest absolute Gasteiger partial charge is 0.266 e. The number of anilines is 2. The Kier molecular flexibility index (Phi) is 6.64. The van der Waals surface area contributed by atoms with Gasteiger partial charge < -0.3 is 10.6 Å². The lowest BCUT2D eigenvalue weighted by Gasteiger charge is -2.20. The van der Waals surface area contributed by atoms with Crippen LogP contribution < -0.4 is 10.6 Å². The van der Waals surface area contributed by atoms with Crippen molar-refractivity contribution in [3.8, 4) is 0 Å². The Hall–Kier alpha value is -3.16. The lowest BCUT2D eigenvalue weighted by Crippen LogP contribution is -2.15. The Bertz CT molecular complexity index is 950. The molecule has 3 aromatic rings. The number of nitrogens with one attached hydrogen (secondary N) is 2. The van der Waals surface area contributed by atoms with Crippen molar-refractivity contribution in [1.29, 1.82) is 0 Å². The van der Waals surface area contributed by atoms with Gasteiger partial charge in [-0.2, -0.15) is 0 Å². The molecule has 0 aliphatic heterocycles. The number of hydrogen-bond donors (Lipinski definition) is 2. The summed E-state index contributed by atoms with van der Waals surface area (Å²) in [5, 5.41) is 6.36. The highest BCUT2D eigenvalue weighted by atomic mass is 19.3. The summed E-state index contributed by atoms with van der Waals surface area (Å²) in [6.07, 6.45) is 1.21. The number of hydrogen-bond acceptors (Lipinski definition) is 5. The summed E-state index contributed by atoms with van der Waals surface area (Å²) in [7, 11) is 0. The first-order valence-electron chi connectivity index (χ1n) is 9.26. The van der Waals surface area contributed by atoms with Crippen LogP contribution in [-0.4, -0.2) is 21.5 Å². The second-order valence-corrected chi connectivity index (χ2v) is 6.59. The molecule has 0 spiro atoms. The van der Waals surface area contributed by atoms with Crippen LogP contribution in [0.4, 0.5) is 24.7 Å². The largest absolute Gasteiger partial charge is 0.380 e. The van der Waals surface area contributed by atoms with Gasteiger partial charge in [0.2, 0.25) is 0 Å². The van der Waals surface area contributed by atoms with E-state index in [2.05, 4.69) is 25.6 Å². The summed E-state index contributed by atoms with van der Waals surface area (Å²) >= 11 is 0. The molecular weight excluding hydrogens is 379 g/mol. The maximum absolute atomic E-state index is 14.5. The van der Waals surface area contributed by atoms with Crippen molar-refractivity contribution in [3.63, 3.8) is 0 Å². The first-order valence-corrected chi connectivity index (χ1v) is 9.26. The zero-order valence-electron chi connectivity index (χ0n) is 16.2. The molecule has 29 heavy (non-hydrogen) atoms. The van der Waals surface area contributed by atoms with Gasteiger partial charge in [0, 0.05) is 30.4 Å². The fourth-order valence-corrected chi connectivity index (χ4v) is 2.93. The van der Waals surface area contributed by atoms with E-state index in [0.717, 1.165) is 11.8 Å². The van der Waals surface area contributed by atoms with E-state index >= 15 is 0 Å². The number of benzene rings is 1. The standard InChI is InChI=1S/C21H22F3N5/c1-13(16-7-5-8-17(19(16)22)20(23)24)28-21-18(12-27-14(2)29-21)26-11-9-15-6-3-4-10-25-15/h3-8,10,12-13,20,26H,9,11H2,1-2H3,(H,27,28,29)/t13-/m1/s1. The summed E-state index contributed by atoms with van der Waals surface area (Å²) in [5.74, 6) is 0.114. The molecule has 2 N–H and O–H groups in total. The molecule has 8 heteroatoms. The first kappa shape index (κ1) is 20.6. The molecule has 0 saturated heterocycles. The number of aryl methyl sites for hydroxylation is 1. The van der Waals surface area contributed by atoms with E-state index in [1.807, 2.05) is 18.2 Å². The van der Waals surface area contributed by atoms with Crippen LogP contribution >= 0.6 is 0 Å². The van der Waals surface area contributed by atoms with Crippen molar-refractivity contribution in [2.45, 2.75) is 32.7 Å². The fraction of sp³-hybridized carbons (Fsp3) is 0.286. The summed E-state index contributed by atoms with van der Waals surface area (Å²) < 4.78 is 40.5. The van der Waals surface area contributed by atoms with Crippen LogP contribution in [0, 0.1) is 12.7 Å². The van der Waals surface area contributed by atoms with Crippen LogP contribution in [0.5, 0.6) is 0 Å². The third-order valence-corrected chi connectivity index (χ3v) is 4.45. The quantitative estimate of drug-likeness (QED) is 0.551. The van der Waals surface area contributed by atoms with Gasteiger partial charge in [0.1, 0.15) is 11.6 Å². The van der Waals surface area contributed by atoms with E-state index in [-0.39, 0.29) is 5.56 Å². The molecule has 0 unspecified atom stereocenters. The third-order valence-electron chi connectivity index (χ3n) is 4.45. The summed E-state index contributed by atoms with van der Waals surface area (Å²) in [6.45, 7) is 4.04. The van der Waals surface area contributed by atoms with Crippen molar-refractivity contribution in [2.75, 3.05) is 17.2 Å². The monoisotopic (exact) mass is 401 g/mol. The maximum Gasteiger partial charge on any atom is 0.266 e.